The SMILES string of the molecule is C[C@@H](CO)NC(=O)C=Cc1ccccc1[N+](=O)[O-]. The van der Waals surface area contributed by atoms with E-state index >= 15 is 0 Å². The topological polar surface area (TPSA) is 92.5 Å². The Morgan fingerprint density at radius 1 is 1.56 bits per heavy atom. The van der Waals surface area contributed by atoms with Gasteiger partial charge in [0.05, 0.1) is 17.1 Å². The number of nitrogens with one attached hydrogen (secondary N) is 1. The van der Waals surface area contributed by atoms with Crippen molar-refractivity contribution < 1.29 is 14.8 Å². The predicted molar refractivity (Wildman–Crippen MR) is 66.8 cm³/mol. The van der Waals surface area contributed by atoms with E-state index in [1.165, 1.54) is 18.2 Å². The molecule has 1 atom stereocenters. The monoisotopic (exact) mass is 250 g/mol. The Hall–Kier alpha value is -2.21. The molecule has 0 radical (unpaired) electrons. The summed E-state index contributed by atoms with van der Waals surface area (Å²) >= 11 is 0. The minimum atomic E-state index is -0.506. The molecular formula is C12H14N2O4. The van der Waals surface area contributed by atoms with Crippen LogP contribution in [-0.2, 0) is 4.79 Å². The second kappa shape index (κ2) is 6.51. The molecule has 6 nitrogen and oxygen atoms in total. The molecule has 0 aliphatic heterocycles. The van der Waals surface area contributed by atoms with E-state index < -0.39 is 10.8 Å². The standard InChI is InChI=1S/C12H14N2O4/c1-9(8-15)13-12(16)7-6-10-4-2-3-5-11(10)14(17)18/h2-7,9,15H,8H2,1H3,(H,13,16)/t9-/m0/s1. The van der Waals surface area contributed by atoms with E-state index in [0.29, 0.717) is 5.56 Å². The number of hydrogen-bond donors (Lipinski definition) is 2. The van der Waals surface area contributed by atoms with Gasteiger partial charge in [0.15, 0.2) is 0 Å². The average Bonchev–Trinajstić information content (AvgIpc) is 2.36. The van der Waals surface area contributed by atoms with Gasteiger partial charge in [0, 0.05) is 18.2 Å². The van der Waals surface area contributed by atoms with E-state index in [-0.39, 0.29) is 18.3 Å². The maximum Gasteiger partial charge on any atom is 0.276 e. The molecule has 0 heterocycles. The number of nitro groups is 1. The van der Waals surface area contributed by atoms with Crippen molar-refractivity contribution in [1.29, 1.82) is 0 Å². The molecule has 0 spiro atoms. The van der Waals surface area contributed by atoms with Crippen LogP contribution in [0.25, 0.3) is 6.08 Å². The quantitative estimate of drug-likeness (QED) is 0.465. The van der Waals surface area contributed by atoms with Gasteiger partial charge in [0.2, 0.25) is 5.91 Å². The highest BCUT2D eigenvalue weighted by atomic mass is 16.6. The summed E-state index contributed by atoms with van der Waals surface area (Å²) < 4.78 is 0. The second-order valence-corrected chi connectivity index (χ2v) is 3.74. The third-order valence-electron chi connectivity index (χ3n) is 2.21. The van der Waals surface area contributed by atoms with Crippen LogP contribution in [0.2, 0.25) is 0 Å². The Morgan fingerprint density at radius 3 is 2.83 bits per heavy atom. The molecule has 0 saturated heterocycles. The van der Waals surface area contributed by atoms with Gasteiger partial charge in [-0.15, -0.1) is 0 Å². The van der Waals surface area contributed by atoms with Gasteiger partial charge < -0.3 is 10.4 Å². The Bertz CT molecular complexity index is 471. The molecule has 18 heavy (non-hydrogen) atoms. The first-order valence-corrected chi connectivity index (χ1v) is 5.37. The Kier molecular flexibility index (Phi) is 5.01. The molecule has 2 N–H and O–H groups in total. The lowest BCUT2D eigenvalue weighted by atomic mass is 10.1. The lowest BCUT2D eigenvalue weighted by Crippen LogP contribution is -2.33. The predicted octanol–water partition coefficient (Wildman–Crippen LogP) is 1.11. The minimum Gasteiger partial charge on any atom is -0.394 e. The number of nitrogens with zero attached hydrogens (tertiary/aromatic N) is 1. The van der Waals surface area contributed by atoms with Gasteiger partial charge in [-0.3, -0.25) is 14.9 Å². The third kappa shape index (κ3) is 3.99. The Labute approximate surface area is 104 Å². The molecule has 0 saturated carbocycles. The van der Waals surface area contributed by atoms with Crippen molar-refractivity contribution in [3.05, 3.63) is 46.0 Å². The van der Waals surface area contributed by atoms with E-state index in [2.05, 4.69) is 5.32 Å². The van der Waals surface area contributed by atoms with E-state index in [1.54, 1.807) is 25.1 Å². The van der Waals surface area contributed by atoms with Gasteiger partial charge in [0.25, 0.3) is 5.69 Å². The highest BCUT2D eigenvalue weighted by Gasteiger charge is 2.10. The molecule has 96 valence electrons. The van der Waals surface area contributed by atoms with Crippen LogP contribution in [0.4, 0.5) is 5.69 Å². The van der Waals surface area contributed by atoms with Crippen molar-refractivity contribution in [2.75, 3.05) is 6.61 Å². The smallest absolute Gasteiger partial charge is 0.276 e. The highest BCUT2D eigenvalue weighted by Crippen LogP contribution is 2.18. The number of nitro benzene ring substituents is 1. The molecule has 0 aliphatic rings. The van der Waals surface area contributed by atoms with Crippen molar-refractivity contribution in [3.8, 4) is 0 Å². The Balaban J connectivity index is 2.78. The van der Waals surface area contributed by atoms with Crippen LogP contribution in [0.3, 0.4) is 0 Å². The van der Waals surface area contributed by atoms with Crippen molar-refractivity contribution in [2.45, 2.75) is 13.0 Å². The van der Waals surface area contributed by atoms with E-state index in [4.69, 9.17) is 5.11 Å². The largest absolute Gasteiger partial charge is 0.394 e. The lowest BCUT2D eigenvalue weighted by Gasteiger charge is -2.07. The van der Waals surface area contributed by atoms with Gasteiger partial charge in [-0.25, -0.2) is 0 Å². The molecule has 0 fully saturated rings. The van der Waals surface area contributed by atoms with Gasteiger partial charge in [-0.05, 0) is 19.1 Å². The summed E-state index contributed by atoms with van der Waals surface area (Å²) in [7, 11) is 0. The van der Waals surface area contributed by atoms with E-state index in [9.17, 15) is 14.9 Å². The zero-order valence-electron chi connectivity index (χ0n) is 9.87. The summed E-state index contributed by atoms with van der Waals surface area (Å²) in [6.45, 7) is 1.49. The first kappa shape index (κ1) is 13.9. The molecule has 1 rings (SSSR count). The van der Waals surface area contributed by atoms with Crippen molar-refractivity contribution in [1.82, 2.24) is 5.32 Å². The van der Waals surface area contributed by atoms with Gasteiger partial charge in [0.1, 0.15) is 0 Å². The molecule has 0 unspecified atom stereocenters. The fourth-order valence-corrected chi connectivity index (χ4v) is 1.30. The summed E-state index contributed by atoms with van der Waals surface area (Å²) in [5.41, 5.74) is 0.297. The summed E-state index contributed by atoms with van der Waals surface area (Å²) in [4.78, 5) is 21.6. The number of para-hydroxylation sites is 1. The van der Waals surface area contributed by atoms with Gasteiger partial charge in [-0.1, -0.05) is 12.1 Å². The third-order valence-corrected chi connectivity index (χ3v) is 2.21. The first-order chi connectivity index (χ1) is 8.54. The molecule has 1 amide bonds. The maximum absolute atomic E-state index is 11.4. The molecule has 1 aromatic rings. The molecule has 0 aromatic heterocycles. The number of amides is 1. The molecule has 0 bridgehead atoms. The maximum atomic E-state index is 11.4. The van der Waals surface area contributed by atoms with Crippen molar-refractivity contribution >= 4 is 17.7 Å². The van der Waals surface area contributed by atoms with Crippen LogP contribution >= 0.6 is 0 Å². The molecule has 1 aromatic carbocycles. The fourth-order valence-electron chi connectivity index (χ4n) is 1.30. The van der Waals surface area contributed by atoms with E-state index in [1.807, 2.05) is 0 Å². The number of aliphatic hydroxyl groups excluding tert-OH is 1. The van der Waals surface area contributed by atoms with Crippen LogP contribution in [0.1, 0.15) is 12.5 Å². The second-order valence-electron chi connectivity index (χ2n) is 3.74. The summed E-state index contributed by atoms with van der Waals surface area (Å²) in [5.74, 6) is -0.408. The van der Waals surface area contributed by atoms with Gasteiger partial charge in [-0.2, -0.15) is 0 Å². The number of benzene rings is 1. The summed E-state index contributed by atoms with van der Waals surface area (Å²) in [6, 6.07) is 5.78. The number of carbonyl (C=O) groups excluding carboxylic acids is 1. The normalized spacial score (nSPS) is 12.3. The molecule has 0 aliphatic carbocycles. The average molecular weight is 250 g/mol. The van der Waals surface area contributed by atoms with Crippen LogP contribution < -0.4 is 5.32 Å². The van der Waals surface area contributed by atoms with Crippen molar-refractivity contribution in [3.63, 3.8) is 0 Å². The summed E-state index contributed by atoms with van der Waals surface area (Å²) in [6.07, 6.45) is 2.58. The lowest BCUT2D eigenvalue weighted by molar-refractivity contribution is -0.385. The fraction of sp³-hybridized carbons (Fsp3) is 0.250. The van der Waals surface area contributed by atoms with Crippen LogP contribution in [-0.4, -0.2) is 28.6 Å². The first-order valence-electron chi connectivity index (χ1n) is 5.37. The van der Waals surface area contributed by atoms with Crippen molar-refractivity contribution in [2.24, 2.45) is 0 Å². The minimum absolute atomic E-state index is 0.0586. The molecule has 6 heteroatoms. The number of carbonyl (C=O) groups is 1. The number of hydrogen-bond acceptors (Lipinski definition) is 4. The van der Waals surface area contributed by atoms with Crippen LogP contribution in [0, 0.1) is 10.1 Å². The van der Waals surface area contributed by atoms with Gasteiger partial charge >= 0.3 is 0 Å². The zero-order valence-corrected chi connectivity index (χ0v) is 9.87. The van der Waals surface area contributed by atoms with E-state index in [0.717, 1.165) is 0 Å². The van der Waals surface area contributed by atoms with Crippen LogP contribution in [0.5, 0.6) is 0 Å². The molecular weight excluding hydrogens is 236 g/mol. The zero-order chi connectivity index (χ0) is 13.5. The Morgan fingerprint density at radius 2 is 2.22 bits per heavy atom. The summed E-state index contributed by atoms with van der Waals surface area (Å²) in [5, 5.41) is 22.0. The number of rotatable bonds is 5. The highest BCUT2D eigenvalue weighted by molar-refractivity contribution is 5.92. The van der Waals surface area contributed by atoms with Crippen LogP contribution in [0.15, 0.2) is 30.3 Å². The number of aliphatic hydroxyl groups is 1.